The van der Waals surface area contributed by atoms with E-state index in [2.05, 4.69) is 0 Å². The van der Waals surface area contributed by atoms with Crippen LogP contribution in [0, 0.1) is 5.82 Å². The van der Waals surface area contributed by atoms with Crippen LogP contribution in [0.4, 0.5) is 10.1 Å². The number of hydrogen-bond acceptors (Lipinski definition) is 3. The minimum Gasteiger partial charge on any atom is -0.474 e. The number of halogens is 1. The first-order chi connectivity index (χ1) is 8.00. The number of carbonyl (C=O) groups excluding carboxylic acids is 1. The maximum Gasteiger partial charge on any atom is 0.394 e. The summed E-state index contributed by atoms with van der Waals surface area (Å²) in [6.45, 7) is 2.06. The Hall–Kier alpha value is -1.56. The summed E-state index contributed by atoms with van der Waals surface area (Å²) in [4.78, 5) is 23.8. The van der Waals surface area contributed by atoms with Crippen molar-refractivity contribution in [2.75, 3.05) is 11.4 Å². The van der Waals surface area contributed by atoms with Gasteiger partial charge in [-0.25, -0.2) is 9.18 Å². The summed E-state index contributed by atoms with van der Waals surface area (Å²) in [7, 11) is 0. The van der Waals surface area contributed by atoms with Gasteiger partial charge in [-0.05, 0) is 12.1 Å². The molecule has 2 rings (SSSR count). The summed E-state index contributed by atoms with van der Waals surface area (Å²) in [6, 6.07) is 4.45. The number of carbonyl (C=O) groups is 2. The molecule has 0 fully saturated rings. The molecule has 1 amide bonds. The van der Waals surface area contributed by atoms with Crippen LogP contribution in [-0.4, -0.2) is 28.8 Å². The summed E-state index contributed by atoms with van der Waals surface area (Å²) >= 11 is 1.43. The fourth-order valence-corrected chi connectivity index (χ4v) is 2.89. The minimum atomic E-state index is -1.57. The number of rotatable bonds is 0. The Balaban J connectivity index is 2.50. The van der Waals surface area contributed by atoms with Crippen LogP contribution in [0.2, 0.25) is 0 Å². The molecule has 0 aromatic heterocycles. The first-order valence-corrected chi connectivity index (χ1v) is 5.88. The van der Waals surface area contributed by atoms with Crippen molar-refractivity contribution in [3.8, 4) is 0 Å². The number of thioether (sulfide) groups is 1. The number of para-hydroxylation sites is 1. The molecule has 1 atom stereocenters. The zero-order valence-corrected chi connectivity index (χ0v) is 9.83. The van der Waals surface area contributed by atoms with Gasteiger partial charge in [0.15, 0.2) is 0 Å². The fourth-order valence-electron chi connectivity index (χ4n) is 1.75. The first-order valence-electron chi connectivity index (χ1n) is 5.00. The molecule has 1 heterocycles. The lowest BCUT2D eigenvalue weighted by atomic mass is 10.2. The predicted octanol–water partition coefficient (Wildman–Crippen LogP) is 1.74. The quantitative estimate of drug-likeness (QED) is 0.717. The Labute approximate surface area is 101 Å². The van der Waals surface area contributed by atoms with Crippen LogP contribution < -0.4 is 4.90 Å². The predicted molar refractivity (Wildman–Crippen MR) is 61.7 cm³/mol. The summed E-state index contributed by atoms with van der Waals surface area (Å²) < 4.78 is 13.7. The maximum atomic E-state index is 13.7. The van der Waals surface area contributed by atoms with Gasteiger partial charge in [-0.3, -0.25) is 9.69 Å². The van der Waals surface area contributed by atoms with Crippen LogP contribution in [0.3, 0.4) is 0 Å². The number of amides is 1. The molecule has 1 unspecified atom stereocenters. The lowest BCUT2D eigenvalue weighted by Gasteiger charge is -2.31. The number of fused-ring (bicyclic) bond motifs is 1. The van der Waals surface area contributed by atoms with Crippen LogP contribution in [0.1, 0.15) is 6.92 Å². The second-order valence-electron chi connectivity index (χ2n) is 3.74. The molecule has 1 aliphatic heterocycles. The Bertz CT molecular complexity index is 492. The summed E-state index contributed by atoms with van der Waals surface area (Å²) in [5, 5.41) is 8.75. The van der Waals surface area contributed by atoms with Gasteiger partial charge >= 0.3 is 11.9 Å². The summed E-state index contributed by atoms with van der Waals surface area (Å²) in [5.41, 5.74) is 0.0722. The molecular weight excluding hydrogens is 245 g/mol. The van der Waals surface area contributed by atoms with Crippen molar-refractivity contribution in [1.82, 2.24) is 0 Å². The van der Waals surface area contributed by atoms with E-state index in [0.717, 1.165) is 4.90 Å². The zero-order valence-electron chi connectivity index (χ0n) is 9.01. The number of anilines is 1. The topological polar surface area (TPSA) is 57.6 Å². The summed E-state index contributed by atoms with van der Waals surface area (Å²) in [5.74, 6) is -3.24. The third-order valence-corrected chi connectivity index (χ3v) is 3.55. The Kier molecular flexibility index (Phi) is 3.06. The highest BCUT2D eigenvalue weighted by molar-refractivity contribution is 8.00. The molecule has 6 heteroatoms. The van der Waals surface area contributed by atoms with Crippen molar-refractivity contribution < 1.29 is 19.1 Å². The van der Waals surface area contributed by atoms with Crippen LogP contribution in [0.15, 0.2) is 23.1 Å². The number of benzene rings is 1. The van der Waals surface area contributed by atoms with Gasteiger partial charge in [-0.2, -0.15) is 0 Å². The molecule has 0 spiro atoms. The SMILES string of the molecule is CC1CN(C(=O)C(=O)O)c2c(F)cccc2S1. The van der Waals surface area contributed by atoms with Crippen LogP contribution in [0.25, 0.3) is 0 Å². The van der Waals surface area contributed by atoms with Gasteiger partial charge in [-0.15, -0.1) is 11.8 Å². The molecule has 90 valence electrons. The van der Waals surface area contributed by atoms with Crippen molar-refractivity contribution in [1.29, 1.82) is 0 Å². The van der Waals surface area contributed by atoms with Gasteiger partial charge in [-0.1, -0.05) is 13.0 Å². The van der Waals surface area contributed by atoms with E-state index in [4.69, 9.17) is 5.11 Å². The van der Waals surface area contributed by atoms with Crippen molar-refractivity contribution in [3.63, 3.8) is 0 Å². The van der Waals surface area contributed by atoms with Crippen molar-refractivity contribution in [2.45, 2.75) is 17.1 Å². The Morgan fingerprint density at radius 2 is 2.24 bits per heavy atom. The smallest absolute Gasteiger partial charge is 0.394 e. The van der Waals surface area contributed by atoms with Gasteiger partial charge in [0.2, 0.25) is 0 Å². The van der Waals surface area contributed by atoms with E-state index in [0.29, 0.717) is 4.90 Å². The monoisotopic (exact) mass is 255 g/mol. The first kappa shape index (κ1) is 11.9. The highest BCUT2D eigenvalue weighted by atomic mass is 32.2. The van der Waals surface area contributed by atoms with E-state index in [1.54, 1.807) is 12.1 Å². The molecule has 0 saturated carbocycles. The molecular formula is C11H10FNO3S. The maximum absolute atomic E-state index is 13.7. The number of carboxylic acid groups (broad SMARTS) is 1. The van der Waals surface area contributed by atoms with Crippen LogP contribution in [-0.2, 0) is 9.59 Å². The highest BCUT2D eigenvalue weighted by Gasteiger charge is 2.32. The van der Waals surface area contributed by atoms with E-state index in [9.17, 15) is 14.0 Å². The van der Waals surface area contributed by atoms with E-state index in [1.807, 2.05) is 6.92 Å². The largest absolute Gasteiger partial charge is 0.474 e. The van der Waals surface area contributed by atoms with Crippen molar-refractivity contribution in [3.05, 3.63) is 24.0 Å². The Morgan fingerprint density at radius 3 is 2.88 bits per heavy atom. The molecule has 17 heavy (non-hydrogen) atoms. The van der Waals surface area contributed by atoms with Gasteiger partial charge < -0.3 is 5.11 Å². The van der Waals surface area contributed by atoms with E-state index >= 15 is 0 Å². The number of hydrogen-bond donors (Lipinski definition) is 1. The van der Waals surface area contributed by atoms with E-state index < -0.39 is 17.7 Å². The zero-order chi connectivity index (χ0) is 12.6. The normalized spacial score (nSPS) is 18.7. The molecule has 4 nitrogen and oxygen atoms in total. The summed E-state index contributed by atoms with van der Waals surface area (Å²) in [6.07, 6.45) is 0. The lowest BCUT2D eigenvalue weighted by molar-refractivity contribution is -0.148. The standard InChI is InChI=1S/C11H10FNO3S/c1-6-5-13(10(14)11(15)16)9-7(12)3-2-4-8(9)17-6/h2-4,6H,5H2,1H3,(H,15,16). The fraction of sp³-hybridized carbons (Fsp3) is 0.273. The molecule has 1 N–H and O–H groups in total. The van der Waals surface area contributed by atoms with Crippen molar-refractivity contribution >= 4 is 29.3 Å². The van der Waals surface area contributed by atoms with E-state index in [1.165, 1.54) is 17.8 Å². The molecule has 0 radical (unpaired) electrons. The van der Waals surface area contributed by atoms with E-state index in [-0.39, 0.29) is 17.5 Å². The molecule has 0 bridgehead atoms. The molecule has 1 aromatic rings. The number of carboxylic acids is 1. The van der Waals surface area contributed by atoms with Gasteiger partial charge in [0.05, 0.1) is 5.69 Å². The molecule has 1 aliphatic rings. The Morgan fingerprint density at radius 1 is 1.53 bits per heavy atom. The third kappa shape index (κ3) is 2.12. The van der Waals surface area contributed by atoms with Gasteiger partial charge in [0.1, 0.15) is 5.82 Å². The van der Waals surface area contributed by atoms with Gasteiger partial charge in [0.25, 0.3) is 0 Å². The molecule has 0 aliphatic carbocycles. The number of aliphatic carboxylic acids is 1. The molecule has 1 aromatic carbocycles. The van der Waals surface area contributed by atoms with Gasteiger partial charge in [0, 0.05) is 16.7 Å². The lowest BCUT2D eigenvalue weighted by Crippen LogP contribution is -2.42. The minimum absolute atomic E-state index is 0.0348. The second-order valence-corrected chi connectivity index (χ2v) is 5.22. The molecule has 0 saturated heterocycles. The number of nitrogens with zero attached hydrogens (tertiary/aromatic N) is 1. The average Bonchev–Trinajstić information content (AvgIpc) is 2.26. The van der Waals surface area contributed by atoms with Crippen LogP contribution in [0.5, 0.6) is 0 Å². The van der Waals surface area contributed by atoms with Crippen LogP contribution >= 0.6 is 11.8 Å². The second kappa shape index (κ2) is 4.37. The van der Waals surface area contributed by atoms with Crippen molar-refractivity contribution in [2.24, 2.45) is 0 Å². The third-order valence-electron chi connectivity index (χ3n) is 2.42. The highest BCUT2D eigenvalue weighted by Crippen LogP contribution is 2.39. The average molecular weight is 255 g/mol.